The molecular formula is C10H14BrClN2. The standard InChI is InChI=1S/C10H14BrClN2/c1-7-5-9(11)6-14-10(7)13-4-3-8(2)12/h5-6,8H,3-4H2,1-2H3,(H,13,14). The molecule has 0 aliphatic heterocycles. The Bertz CT molecular complexity index is 302. The lowest BCUT2D eigenvalue weighted by atomic mass is 10.3. The zero-order chi connectivity index (χ0) is 10.6. The molecule has 1 unspecified atom stereocenters. The molecule has 0 saturated carbocycles. The normalized spacial score (nSPS) is 12.6. The van der Waals surface area contributed by atoms with Crippen LogP contribution in [0.4, 0.5) is 5.82 Å². The Hall–Kier alpha value is -0.280. The lowest BCUT2D eigenvalue weighted by Gasteiger charge is -2.09. The van der Waals surface area contributed by atoms with E-state index in [1.165, 1.54) is 0 Å². The molecule has 0 saturated heterocycles. The highest BCUT2D eigenvalue weighted by Gasteiger charge is 2.00. The van der Waals surface area contributed by atoms with Crippen molar-refractivity contribution in [3.8, 4) is 0 Å². The quantitative estimate of drug-likeness (QED) is 0.851. The minimum atomic E-state index is 0.207. The second kappa shape index (κ2) is 5.56. The molecule has 0 radical (unpaired) electrons. The first-order valence-corrected chi connectivity index (χ1v) is 5.82. The average Bonchev–Trinajstić information content (AvgIpc) is 2.08. The largest absolute Gasteiger partial charge is 0.370 e. The smallest absolute Gasteiger partial charge is 0.128 e. The van der Waals surface area contributed by atoms with E-state index in [0.29, 0.717) is 0 Å². The van der Waals surface area contributed by atoms with Crippen molar-refractivity contribution in [1.82, 2.24) is 4.98 Å². The van der Waals surface area contributed by atoms with Crippen molar-refractivity contribution in [2.24, 2.45) is 0 Å². The number of halogens is 2. The Morgan fingerprint density at radius 1 is 1.64 bits per heavy atom. The summed E-state index contributed by atoms with van der Waals surface area (Å²) in [5.74, 6) is 0.936. The third-order valence-electron chi connectivity index (χ3n) is 1.88. The molecule has 0 fully saturated rings. The van der Waals surface area contributed by atoms with Gasteiger partial charge in [-0.3, -0.25) is 0 Å². The first-order valence-electron chi connectivity index (χ1n) is 4.59. The van der Waals surface area contributed by atoms with Gasteiger partial charge >= 0.3 is 0 Å². The van der Waals surface area contributed by atoms with Gasteiger partial charge in [-0.15, -0.1) is 11.6 Å². The lowest BCUT2D eigenvalue weighted by molar-refractivity contribution is 0.838. The van der Waals surface area contributed by atoms with Gasteiger partial charge in [-0.05, 0) is 47.8 Å². The van der Waals surface area contributed by atoms with E-state index in [4.69, 9.17) is 11.6 Å². The summed E-state index contributed by atoms with van der Waals surface area (Å²) < 4.78 is 1.01. The van der Waals surface area contributed by atoms with Crippen LogP contribution in [0.1, 0.15) is 18.9 Å². The zero-order valence-corrected chi connectivity index (χ0v) is 10.7. The molecule has 1 N–H and O–H groups in total. The van der Waals surface area contributed by atoms with Crippen molar-refractivity contribution in [2.75, 3.05) is 11.9 Å². The van der Waals surface area contributed by atoms with Crippen LogP contribution in [0.2, 0.25) is 0 Å². The van der Waals surface area contributed by atoms with Crippen LogP contribution in [0.3, 0.4) is 0 Å². The SMILES string of the molecule is Cc1cc(Br)cnc1NCCC(C)Cl. The van der Waals surface area contributed by atoms with Gasteiger partial charge in [0.05, 0.1) is 0 Å². The summed E-state index contributed by atoms with van der Waals surface area (Å²) in [6.45, 7) is 4.88. The van der Waals surface area contributed by atoms with Crippen LogP contribution in [0, 0.1) is 6.92 Å². The topological polar surface area (TPSA) is 24.9 Å². The molecular weight excluding hydrogens is 263 g/mol. The Labute approximate surface area is 98.2 Å². The minimum Gasteiger partial charge on any atom is -0.370 e. The highest BCUT2D eigenvalue weighted by Crippen LogP contribution is 2.16. The number of pyridine rings is 1. The number of nitrogens with zero attached hydrogens (tertiary/aromatic N) is 1. The summed E-state index contributed by atoms with van der Waals surface area (Å²) in [5, 5.41) is 3.46. The van der Waals surface area contributed by atoms with Crippen LogP contribution in [0.25, 0.3) is 0 Å². The van der Waals surface area contributed by atoms with E-state index in [9.17, 15) is 0 Å². The van der Waals surface area contributed by atoms with Crippen LogP contribution in [0.5, 0.6) is 0 Å². The molecule has 1 aromatic rings. The van der Waals surface area contributed by atoms with E-state index in [0.717, 1.165) is 28.8 Å². The fourth-order valence-corrected chi connectivity index (χ4v) is 1.67. The molecule has 0 aliphatic carbocycles. The van der Waals surface area contributed by atoms with Crippen LogP contribution in [-0.4, -0.2) is 16.9 Å². The maximum absolute atomic E-state index is 5.84. The molecule has 1 rings (SSSR count). The van der Waals surface area contributed by atoms with Gasteiger partial charge in [0.2, 0.25) is 0 Å². The molecule has 0 spiro atoms. The van der Waals surface area contributed by atoms with Crippen LogP contribution >= 0.6 is 27.5 Å². The van der Waals surface area contributed by atoms with Gasteiger partial charge in [0.15, 0.2) is 0 Å². The number of anilines is 1. The highest BCUT2D eigenvalue weighted by atomic mass is 79.9. The molecule has 14 heavy (non-hydrogen) atoms. The Morgan fingerprint density at radius 3 is 2.93 bits per heavy atom. The molecule has 78 valence electrons. The predicted octanol–water partition coefficient (Wildman–Crippen LogP) is 3.58. The number of aromatic nitrogens is 1. The number of hydrogen-bond acceptors (Lipinski definition) is 2. The molecule has 4 heteroatoms. The fourth-order valence-electron chi connectivity index (χ4n) is 1.12. The van der Waals surface area contributed by atoms with E-state index in [-0.39, 0.29) is 5.38 Å². The predicted molar refractivity (Wildman–Crippen MR) is 65.1 cm³/mol. The van der Waals surface area contributed by atoms with Gasteiger partial charge in [0, 0.05) is 22.6 Å². The number of alkyl halides is 1. The van der Waals surface area contributed by atoms with Crippen LogP contribution in [-0.2, 0) is 0 Å². The first-order chi connectivity index (χ1) is 6.59. The van der Waals surface area contributed by atoms with Gasteiger partial charge in [-0.1, -0.05) is 0 Å². The van der Waals surface area contributed by atoms with Crippen molar-refractivity contribution in [2.45, 2.75) is 25.6 Å². The molecule has 0 aliphatic rings. The molecule has 2 nitrogen and oxygen atoms in total. The van der Waals surface area contributed by atoms with Crippen molar-refractivity contribution in [1.29, 1.82) is 0 Å². The Kier molecular flexibility index (Phi) is 4.69. The minimum absolute atomic E-state index is 0.207. The third-order valence-corrected chi connectivity index (χ3v) is 2.53. The first kappa shape index (κ1) is 11.8. The molecule has 0 bridgehead atoms. The van der Waals surface area contributed by atoms with Crippen LogP contribution < -0.4 is 5.32 Å². The van der Waals surface area contributed by atoms with E-state index in [2.05, 4.69) is 26.2 Å². The monoisotopic (exact) mass is 276 g/mol. The van der Waals surface area contributed by atoms with E-state index in [1.54, 1.807) is 6.20 Å². The average molecular weight is 278 g/mol. The maximum Gasteiger partial charge on any atom is 0.128 e. The van der Waals surface area contributed by atoms with E-state index < -0.39 is 0 Å². The summed E-state index contributed by atoms with van der Waals surface area (Å²) in [5.41, 5.74) is 1.14. The highest BCUT2D eigenvalue weighted by molar-refractivity contribution is 9.10. The number of rotatable bonds is 4. The summed E-state index contributed by atoms with van der Waals surface area (Å²) >= 11 is 9.22. The summed E-state index contributed by atoms with van der Waals surface area (Å²) in [6, 6.07) is 2.04. The van der Waals surface area contributed by atoms with E-state index in [1.807, 2.05) is 19.9 Å². The molecule has 1 atom stereocenters. The summed E-state index contributed by atoms with van der Waals surface area (Å²) in [7, 11) is 0. The lowest BCUT2D eigenvalue weighted by Crippen LogP contribution is -2.08. The van der Waals surface area contributed by atoms with Crippen molar-refractivity contribution in [3.63, 3.8) is 0 Å². The Balaban J connectivity index is 2.51. The second-order valence-electron chi connectivity index (χ2n) is 3.32. The van der Waals surface area contributed by atoms with Crippen LogP contribution in [0.15, 0.2) is 16.7 Å². The summed E-state index contributed by atoms with van der Waals surface area (Å²) in [6.07, 6.45) is 2.73. The maximum atomic E-state index is 5.84. The molecule has 1 aromatic heterocycles. The second-order valence-corrected chi connectivity index (χ2v) is 4.98. The van der Waals surface area contributed by atoms with Gasteiger partial charge in [-0.25, -0.2) is 4.98 Å². The van der Waals surface area contributed by atoms with Crippen molar-refractivity contribution < 1.29 is 0 Å². The fraction of sp³-hybridized carbons (Fsp3) is 0.500. The number of aryl methyl sites for hydroxylation is 1. The number of nitrogens with one attached hydrogen (secondary N) is 1. The Morgan fingerprint density at radius 2 is 2.36 bits per heavy atom. The van der Waals surface area contributed by atoms with Gasteiger partial charge in [-0.2, -0.15) is 0 Å². The van der Waals surface area contributed by atoms with Gasteiger partial charge in [0.25, 0.3) is 0 Å². The van der Waals surface area contributed by atoms with E-state index >= 15 is 0 Å². The van der Waals surface area contributed by atoms with Crippen molar-refractivity contribution >= 4 is 33.3 Å². The molecule has 0 aromatic carbocycles. The molecule has 1 heterocycles. The van der Waals surface area contributed by atoms with Crippen molar-refractivity contribution in [3.05, 3.63) is 22.3 Å². The third kappa shape index (κ3) is 3.84. The number of hydrogen-bond donors (Lipinski definition) is 1. The van der Waals surface area contributed by atoms with Gasteiger partial charge in [0.1, 0.15) is 5.82 Å². The van der Waals surface area contributed by atoms with Gasteiger partial charge < -0.3 is 5.32 Å². The summed E-state index contributed by atoms with van der Waals surface area (Å²) in [4.78, 5) is 4.27. The zero-order valence-electron chi connectivity index (χ0n) is 8.35. The molecule has 0 amide bonds.